The van der Waals surface area contributed by atoms with Gasteiger partial charge in [-0.2, -0.15) is 0 Å². The van der Waals surface area contributed by atoms with Crippen LogP contribution in [0.4, 0.5) is 0 Å². The number of hydrogen-bond donors (Lipinski definition) is 1. The van der Waals surface area contributed by atoms with Crippen LogP contribution in [0.3, 0.4) is 0 Å². The summed E-state index contributed by atoms with van der Waals surface area (Å²) in [7, 11) is 1.22. The lowest BCUT2D eigenvalue weighted by atomic mass is 10.1. The number of nitrogens with zero attached hydrogens (tertiary/aromatic N) is 3. The minimum Gasteiger partial charge on any atom is -0.480 e. The number of carboxylic acid groups (broad SMARTS) is 1. The number of methoxy groups -OCH3 is 1. The van der Waals surface area contributed by atoms with E-state index < -0.39 is 18.0 Å². The fourth-order valence-electron chi connectivity index (χ4n) is 1.31. The Morgan fingerprint density at radius 1 is 1.50 bits per heavy atom. The lowest BCUT2D eigenvalue weighted by molar-refractivity contribution is -0.142. The molecule has 1 aromatic heterocycles. The topological polar surface area (TPSA) is 94.3 Å². The molecule has 0 saturated heterocycles. The molecule has 1 N–H and O–H groups in total. The molecule has 1 atom stereocenters. The van der Waals surface area contributed by atoms with Crippen molar-refractivity contribution in [3.63, 3.8) is 0 Å². The Morgan fingerprint density at radius 3 is 2.56 bits per heavy atom. The van der Waals surface area contributed by atoms with E-state index in [-0.39, 0.29) is 11.6 Å². The van der Waals surface area contributed by atoms with Gasteiger partial charge in [-0.25, -0.2) is 14.3 Å². The summed E-state index contributed by atoms with van der Waals surface area (Å²) in [5.41, 5.74) is -0.00519. The van der Waals surface area contributed by atoms with E-state index in [4.69, 9.17) is 5.11 Å². The van der Waals surface area contributed by atoms with Crippen molar-refractivity contribution in [2.75, 3.05) is 7.11 Å². The van der Waals surface area contributed by atoms with Gasteiger partial charge in [0, 0.05) is 0 Å². The first-order chi connectivity index (χ1) is 7.47. The molecule has 7 heteroatoms. The largest absolute Gasteiger partial charge is 0.480 e. The lowest BCUT2D eigenvalue weighted by Crippen LogP contribution is -2.24. The fraction of sp³-hybridized carbons (Fsp3) is 0.556. The Bertz CT molecular complexity index is 399. The second kappa shape index (κ2) is 4.73. The highest BCUT2D eigenvalue weighted by molar-refractivity contribution is 5.86. The average Bonchev–Trinajstić information content (AvgIpc) is 2.64. The Kier molecular flexibility index (Phi) is 3.60. The highest BCUT2D eigenvalue weighted by atomic mass is 16.5. The molecular weight excluding hydrogens is 214 g/mol. The molecular formula is C9H13N3O4. The number of hydrogen-bond acceptors (Lipinski definition) is 5. The maximum Gasteiger partial charge on any atom is 0.360 e. The molecule has 0 spiro atoms. The SMILES string of the molecule is COC(=O)c1cn([C@H](C(=O)O)C(C)C)nn1. The highest BCUT2D eigenvalue weighted by Gasteiger charge is 2.25. The third-order valence-electron chi connectivity index (χ3n) is 2.07. The second-order valence-corrected chi connectivity index (χ2v) is 3.60. The van der Waals surface area contributed by atoms with Gasteiger partial charge in [0.15, 0.2) is 11.7 Å². The second-order valence-electron chi connectivity index (χ2n) is 3.60. The summed E-state index contributed by atoms with van der Waals surface area (Å²) < 4.78 is 5.60. The third-order valence-corrected chi connectivity index (χ3v) is 2.07. The summed E-state index contributed by atoms with van der Waals surface area (Å²) >= 11 is 0. The van der Waals surface area contributed by atoms with Crippen molar-refractivity contribution in [1.29, 1.82) is 0 Å². The number of carbonyl (C=O) groups excluding carboxylic acids is 1. The number of carboxylic acids is 1. The van der Waals surface area contributed by atoms with Crippen LogP contribution in [0.2, 0.25) is 0 Å². The smallest absolute Gasteiger partial charge is 0.360 e. The van der Waals surface area contributed by atoms with Crippen LogP contribution in [0.25, 0.3) is 0 Å². The average molecular weight is 227 g/mol. The molecule has 0 amide bonds. The van der Waals surface area contributed by atoms with Crippen LogP contribution in [-0.4, -0.2) is 39.1 Å². The first-order valence-electron chi connectivity index (χ1n) is 4.70. The number of aliphatic carboxylic acids is 1. The van der Waals surface area contributed by atoms with E-state index >= 15 is 0 Å². The summed E-state index contributed by atoms with van der Waals surface area (Å²) in [4.78, 5) is 22.1. The van der Waals surface area contributed by atoms with Crippen molar-refractivity contribution in [2.45, 2.75) is 19.9 Å². The van der Waals surface area contributed by atoms with Gasteiger partial charge >= 0.3 is 11.9 Å². The Morgan fingerprint density at radius 2 is 2.12 bits per heavy atom. The summed E-state index contributed by atoms with van der Waals surface area (Å²) in [6, 6.07) is -0.842. The minimum absolute atomic E-state index is 0.00519. The molecule has 0 fully saturated rings. The van der Waals surface area contributed by atoms with Crippen LogP contribution < -0.4 is 0 Å². The quantitative estimate of drug-likeness (QED) is 0.745. The number of ether oxygens (including phenoxy) is 1. The van der Waals surface area contributed by atoms with E-state index in [9.17, 15) is 9.59 Å². The van der Waals surface area contributed by atoms with Gasteiger partial charge in [0.25, 0.3) is 0 Å². The lowest BCUT2D eigenvalue weighted by Gasteiger charge is -2.15. The standard InChI is InChI=1S/C9H13N3O4/c1-5(2)7(8(13)14)12-4-6(10-11-12)9(15)16-3/h4-5,7H,1-3H3,(H,13,14)/t7-/m0/s1. The van der Waals surface area contributed by atoms with Crippen LogP contribution in [0, 0.1) is 5.92 Å². The zero-order valence-electron chi connectivity index (χ0n) is 9.25. The Labute approximate surface area is 92.0 Å². The van der Waals surface area contributed by atoms with Gasteiger partial charge in [0.05, 0.1) is 13.3 Å². The van der Waals surface area contributed by atoms with Crippen LogP contribution in [-0.2, 0) is 9.53 Å². The Balaban J connectivity index is 2.99. The monoisotopic (exact) mass is 227 g/mol. The predicted molar refractivity (Wildman–Crippen MR) is 52.9 cm³/mol. The summed E-state index contributed by atoms with van der Waals surface area (Å²) in [5.74, 6) is -1.82. The van der Waals surface area contributed by atoms with Gasteiger partial charge in [0.2, 0.25) is 0 Å². The Hall–Kier alpha value is -1.92. The molecule has 0 radical (unpaired) electrons. The normalized spacial score (nSPS) is 12.5. The van der Waals surface area contributed by atoms with Crippen LogP contribution >= 0.6 is 0 Å². The molecule has 0 aromatic carbocycles. The summed E-state index contributed by atoms with van der Waals surface area (Å²) in [6.07, 6.45) is 1.27. The molecule has 0 unspecified atom stereocenters. The van der Waals surface area contributed by atoms with Crippen molar-refractivity contribution in [1.82, 2.24) is 15.0 Å². The van der Waals surface area contributed by atoms with Gasteiger partial charge in [-0.3, -0.25) is 0 Å². The fourth-order valence-corrected chi connectivity index (χ4v) is 1.31. The molecule has 0 aliphatic rings. The van der Waals surface area contributed by atoms with Crippen molar-refractivity contribution in [3.05, 3.63) is 11.9 Å². The molecule has 1 rings (SSSR count). The van der Waals surface area contributed by atoms with Gasteiger partial charge in [-0.15, -0.1) is 5.10 Å². The zero-order valence-corrected chi connectivity index (χ0v) is 9.25. The van der Waals surface area contributed by atoms with Gasteiger partial charge in [-0.1, -0.05) is 19.1 Å². The van der Waals surface area contributed by atoms with E-state index in [1.807, 2.05) is 0 Å². The summed E-state index contributed by atoms with van der Waals surface area (Å²) in [6.45, 7) is 3.50. The first kappa shape index (κ1) is 12.2. The molecule has 0 aliphatic carbocycles. The van der Waals surface area contributed by atoms with E-state index in [1.54, 1.807) is 13.8 Å². The minimum atomic E-state index is -1.02. The molecule has 0 saturated carbocycles. The van der Waals surface area contributed by atoms with E-state index in [0.29, 0.717) is 0 Å². The van der Waals surface area contributed by atoms with Gasteiger partial charge in [0.1, 0.15) is 0 Å². The molecule has 0 bridgehead atoms. The van der Waals surface area contributed by atoms with E-state index in [2.05, 4.69) is 15.0 Å². The predicted octanol–water partition coefficient (Wildman–Crippen LogP) is 0.346. The molecule has 16 heavy (non-hydrogen) atoms. The van der Waals surface area contributed by atoms with E-state index in [0.717, 1.165) is 4.68 Å². The number of rotatable bonds is 4. The maximum absolute atomic E-state index is 11.1. The molecule has 7 nitrogen and oxygen atoms in total. The van der Waals surface area contributed by atoms with Crippen molar-refractivity contribution in [2.24, 2.45) is 5.92 Å². The first-order valence-corrected chi connectivity index (χ1v) is 4.70. The van der Waals surface area contributed by atoms with Crippen molar-refractivity contribution >= 4 is 11.9 Å². The van der Waals surface area contributed by atoms with Gasteiger partial charge in [-0.05, 0) is 5.92 Å². The third kappa shape index (κ3) is 2.36. The van der Waals surface area contributed by atoms with E-state index in [1.165, 1.54) is 13.3 Å². The van der Waals surface area contributed by atoms with Gasteiger partial charge < -0.3 is 9.84 Å². The molecule has 88 valence electrons. The number of aromatic nitrogens is 3. The molecule has 1 heterocycles. The van der Waals surface area contributed by atoms with Crippen LogP contribution in [0.5, 0.6) is 0 Å². The van der Waals surface area contributed by atoms with Crippen LogP contribution in [0.1, 0.15) is 30.4 Å². The van der Waals surface area contributed by atoms with Crippen molar-refractivity contribution < 1.29 is 19.4 Å². The molecule has 0 aliphatic heterocycles. The number of carbonyl (C=O) groups is 2. The van der Waals surface area contributed by atoms with Crippen LogP contribution in [0.15, 0.2) is 6.20 Å². The molecule has 1 aromatic rings. The zero-order chi connectivity index (χ0) is 12.3. The number of esters is 1. The summed E-state index contributed by atoms with van der Waals surface area (Å²) in [5, 5.41) is 16.2. The maximum atomic E-state index is 11.1. The highest BCUT2D eigenvalue weighted by Crippen LogP contribution is 2.16. The van der Waals surface area contributed by atoms with Crippen molar-refractivity contribution in [3.8, 4) is 0 Å².